The molecule has 0 saturated carbocycles. The predicted octanol–water partition coefficient (Wildman–Crippen LogP) is 1.29. The second kappa shape index (κ2) is 5.98. The van der Waals surface area contributed by atoms with Crippen molar-refractivity contribution in [2.45, 2.75) is 13.1 Å². The van der Waals surface area contributed by atoms with Crippen molar-refractivity contribution in [1.82, 2.24) is 29.6 Å². The maximum absolute atomic E-state index is 12.6. The minimum absolute atomic E-state index is 0.000472. The van der Waals surface area contributed by atoms with Crippen LogP contribution in [-0.4, -0.2) is 35.5 Å². The third kappa shape index (κ3) is 2.98. The molecule has 0 aliphatic carbocycles. The first kappa shape index (κ1) is 14.3. The van der Waals surface area contributed by atoms with Crippen LogP contribution in [0.5, 0.6) is 0 Å². The van der Waals surface area contributed by atoms with Gasteiger partial charge in [-0.1, -0.05) is 0 Å². The number of rotatable bonds is 5. The van der Waals surface area contributed by atoms with Crippen molar-refractivity contribution in [2.24, 2.45) is 7.05 Å². The van der Waals surface area contributed by atoms with Crippen molar-refractivity contribution in [3.8, 4) is 0 Å². The lowest BCUT2D eigenvalue weighted by molar-refractivity contribution is 0.0713. The smallest absolute Gasteiger partial charge is 0.294 e. The molecular formula is C12H11ClN6O3. The van der Waals surface area contributed by atoms with Crippen LogP contribution in [0.1, 0.15) is 22.0 Å². The Morgan fingerprint density at radius 3 is 2.23 bits per heavy atom. The molecule has 9 nitrogen and oxygen atoms in total. The van der Waals surface area contributed by atoms with Crippen LogP contribution in [-0.2, 0) is 20.1 Å². The van der Waals surface area contributed by atoms with E-state index in [1.807, 2.05) is 0 Å². The molecule has 0 radical (unpaired) electrons. The van der Waals surface area contributed by atoms with E-state index in [2.05, 4.69) is 20.1 Å². The molecule has 0 aliphatic rings. The SMILES string of the molecule is Cn1nc(C(=O)N(Cc2cocn2)Cc2cocn2)nc1Cl. The fourth-order valence-electron chi connectivity index (χ4n) is 1.82. The Morgan fingerprint density at radius 2 is 1.82 bits per heavy atom. The van der Waals surface area contributed by atoms with E-state index in [0.717, 1.165) is 0 Å². The fourth-order valence-corrected chi connectivity index (χ4v) is 1.94. The third-order valence-corrected chi connectivity index (χ3v) is 3.19. The van der Waals surface area contributed by atoms with Crippen molar-refractivity contribution < 1.29 is 13.6 Å². The second-order valence-corrected chi connectivity index (χ2v) is 4.79. The van der Waals surface area contributed by atoms with Gasteiger partial charge < -0.3 is 13.7 Å². The summed E-state index contributed by atoms with van der Waals surface area (Å²) in [4.78, 5) is 26.0. The second-order valence-electron chi connectivity index (χ2n) is 4.45. The molecule has 3 heterocycles. The van der Waals surface area contributed by atoms with Crippen LogP contribution in [0.15, 0.2) is 34.1 Å². The van der Waals surface area contributed by atoms with Gasteiger partial charge in [0, 0.05) is 7.05 Å². The van der Waals surface area contributed by atoms with Crippen molar-refractivity contribution >= 4 is 17.5 Å². The van der Waals surface area contributed by atoms with Gasteiger partial charge in [0.25, 0.3) is 5.91 Å². The summed E-state index contributed by atoms with van der Waals surface area (Å²) in [7, 11) is 1.60. The number of oxazole rings is 2. The maximum atomic E-state index is 12.6. The number of carbonyl (C=O) groups excluding carboxylic acids is 1. The molecule has 3 aromatic rings. The summed E-state index contributed by atoms with van der Waals surface area (Å²) < 4.78 is 11.2. The van der Waals surface area contributed by atoms with E-state index in [-0.39, 0.29) is 24.2 Å². The molecule has 0 aromatic carbocycles. The van der Waals surface area contributed by atoms with Gasteiger partial charge in [0.15, 0.2) is 12.8 Å². The van der Waals surface area contributed by atoms with Gasteiger partial charge in [0.1, 0.15) is 12.5 Å². The van der Waals surface area contributed by atoms with Gasteiger partial charge in [-0.15, -0.1) is 5.10 Å². The first-order chi connectivity index (χ1) is 10.6. The molecule has 114 valence electrons. The van der Waals surface area contributed by atoms with E-state index in [4.69, 9.17) is 20.4 Å². The molecule has 3 aromatic heterocycles. The van der Waals surface area contributed by atoms with Crippen molar-refractivity contribution in [3.05, 3.63) is 47.8 Å². The molecule has 0 N–H and O–H groups in total. The highest BCUT2D eigenvalue weighted by Gasteiger charge is 2.23. The standard InChI is InChI=1S/C12H11ClN6O3/c1-18-12(13)16-10(17-18)11(20)19(2-8-4-21-6-14-8)3-9-5-22-7-15-9/h4-7H,2-3H2,1H3. The van der Waals surface area contributed by atoms with Gasteiger partial charge in [0.2, 0.25) is 11.1 Å². The monoisotopic (exact) mass is 322 g/mol. The zero-order valence-corrected chi connectivity index (χ0v) is 12.3. The first-order valence-electron chi connectivity index (χ1n) is 6.23. The predicted molar refractivity (Wildman–Crippen MR) is 72.6 cm³/mol. The Hall–Kier alpha value is -2.68. The summed E-state index contributed by atoms with van der Waals surface area (Å²) in [5.41, 5.74) is 1.19. The molecule has 0 fully saturated rings. The number of aromatic nitrogens is 5. The number of hydrogen-bond acceptors (Lipinski definition) is 7. The molecule has 22 heavy (non-hydrogen) atoms. The molecule has 1 amide bonds. The molecular weight excluding hydrogens is 312 g/mol. The average Bonchev–Trinajstić information content (AvgIpc) is 3.22. The summed E-state index contributed by atoms with van der Waals surface area (Å²) in [6.45, 7) is 0.441. The van der Waals surface area contributed by atoms with E-state index >= 15 is 0 Å². The lowest BCUT2D eigenvalue weighted by atomic mass is 10.3. The minimum atomic E-state index is -0.395. The van der Waals surface area contributed by atoms with E-state index in [1.54, 1.807) is 7.05 Å². The van der Waals surface area contributed by atoms with Crippen molar-refractivity contribution in [2.75, 3.05) is 0 Å². The summed E-state index contributed by atoms with van der Waals surface area (Å²) in [6.07, 6.45) is 5.51. The summed E-state index contributed by atoms with van der Waals surface area (Å²) in [6, 6.07) is 0. The highest BCUT2D eigenvalue weighted by atomic mass is 35.5. The fraction of sp³-hybridized carbons (Fsp3) is 0.250. The highest BCUT2D eigenvalue weighted by Crippen LogP contribution is 2.12. The van der Waals surface area contributed by atoms with Crippen LogP contribution >= 0.6 is 11.6 Å². The molecule has 0 saturated heterocycles. The summed E-state index contributed by atoms with van der Waals surface area (Å²) in [5, 5.41) is 4.12. The Bertz CT molecular complexity index is 696. The lowest BCUT2D eigenvalue weighted by Gasteiger charge is -2.18. The van der Waals surface area contributed by atoms with Gasteiger partial charge in [-0.25, -0.2) is 14.6 Å². The molecule has 0 bridgehead atoms. The zero-order chi connectivity index (χ0) is 15.5. The molecule has 0 atom stereocenters. The quantitative estimate of drug-likeness (QED) is 0.697. The molecule has 0 aliphatic heterocycles. The molecule has 10 heteroatoms. The van der Waals surface area contributed by atoms with Crippen LogP contribution in [0.3, 0.4) is 0 Å². The number of aryl methyl sites for hydroxylation is 1. The number of hydrogen-bond donors (Lipinski definition) is 0. The largest absolute Gasteiger partial charge is 0.451 e. The van der Waals surface area contributed by atoms with Crippen molar-refractivity contribution in [1.29, 1.82) is 0 Å². The molecule has 0 unspecified atom stereocenters. The topological polar surface area (TPSA) is 103 Å². The van der Waals surface area contributed by atoms with Gasteiger partial charge in [-0.2, -0.15) is 4.98 Å². The Balaban J connectivity index is 1.84. The van der Waals surface area contributed by atoms with Crippen LogP contribution in [0.2, 0.25) is 5.28 Å². The third-order valence-electron chi connectivity index (χ3n) is 2.86. The highest BCUT2D eigenvalue weighted by molar-refractivity contribution is 6.28. The lowest BCUT2D eigenvalue weighted by Crippen LogP contribution is -2.31. The van der Waals surface area contributed by atoms with E-state index in [9.17, 15) is 4.79 Å². The average molecular weight is 323 g/mol. The van der Waals surface area contributed by atoms with Gasteiger partial charge >= 0.3 is 0 Å². The Labute approximate surface area is 129 Å². The van der Waals surface area contributed by atoms with Crippen LogP contribution in [0.25, 0.3) is 0 Å². The van der Waals surface area contributed by atoms with E-state index < -0.39 is 5.91 Å². The van der Waals surface area contributed by atoms with Gasteiger partial charge in [-0.05, 0) is 11.6 Å². The van der Waals surface area contributed by atoms with Crippen LogP contribution in [0, 0.1) is 0 Å². The van der Waals surface area contributed by atoms with Crippen molar-refractivity contribution in [3.63, 3.8) is 0 Å². The molecule has 0 spiro atoms. The summed E-state index contributed by atoms with van der Waals surface area (Å²) in [5.74, 6) is -0.395. The normalized spacial score (nSPS) is 10.8. The number of amides is 1. The van der Waals surface area contributed by atoms with E-state index in [1.165, 1.54) is 34.9 Å². The number of carbonyl (C=O) groups is 1. The molecule has 3 rings (SSSR count). The van der Waals surface area contributed by atoms with E-state index in [0.29, 0.717) is 11.4 Å². The number of halogens is 1. The van der Waals surface area contributed by atoms with Crippen LogP contribution in [0.4, 0.5) is 0 Å². The Kier molecular flexibility index (Phi) is 3.88. The maximum Gasteiger partial charge on any atom is 0.294 e. The minimum Gasteiger partial charge on any atom is -0.451 e. The number of nitrogens with zero attached hydrogens (tertiary/aromatic N) is 6. The first-order valence-corrected chi connectivity index (χ1v) is 6.61. The van der Waals surface area contributed by atoms with Gasteiger partial charge in [-0.3, -0.25) is 4.79 Å². The summed E-state index contributed by atoms with van der Waals surface area (Å²) >= 11 is 5.83. The Morgan fingerprint density at radius 1 is 1.23 bits per heavy atom. The van der Waals surface area contributed by atoms with Gasteiger partial charge in [0.05, 0.1) is 24.5 Å². The zero-order valence-electron chi connectivity index (χ0n) is 11.5. The van der Waals surface area contributed by atoms with Crippen LogP contribution < -0.4 is 0 Å².